The summed E-state index contributed by atoms with van der Waals surface area (Å²) in [5.41, 5.74) is 1.51. The molecule has 1 heterocycles. The van der Waals surface area contributed by atoms with Crippen molar-refractivity contribution in [1.29, 1.82) is 0 Å². The first-order valence-electron chi connectivity index (χ1n) is 9.05. The smallest absolute Gasteiger partial charge is 0.225 e. The molecule has 0 bridgehead atoms. The van der Waals surface area contributed by atoms with E-state index in [0.717, 1.165) is 5.56 Å². The Labute approximate surface area is 157 Å². The standard InChI is InChI=1S/C21H22F2N2O2/c22-18-5-1-3-15(11-18)9-10-25-14-17(7-8-20(25)26)21(27)24-13-16-4-2-6-19(23)12-16/h1-6,11-12,17H,7-10,13-14H2,(H,24,27)/t17-/m1/s1. The van der Waals surface area contributed by atoms with Crippen LogP contribution in [0.4, 0.5) is 8.78 Å². The molecule has 0 unspecified atom stereocenters. The molecule has 3 rings (SSSR count). The monoisotopic (exact) mass is 372 g/mol. The second-order valence-electron chi connectivity index (χ2n) is 6.80. The van der Waals surface area contributed by atoms with Crippen molar-refractivity contribution in [3.05, 3.63) is 71.3 Å². The van der Waals surface area contributed by atoms with E-state index >= 15 is 0 Å². The molecule has 1 saturated heterocycles. The molecule has 1 aliphatic heterocycles. The maximum absolute atomic E-state index is 13.3. The first-order valence-corrected chi connectivity index (χ1v) is 9.05. The predicted molar refractivity (Wildman–Crippen MR) is 97.7 cm³/mol. The van der Waals surface area contributed by atoms with Crippen molar-refractivity contribution in [3.8, 4) is 0 Å². The van der Waals surface area contributed by atoms with Gasteiger partial charge in [0.25, 0.3) is 0 Å². The quantitative estimate of drug-likeness (QED) is 0.847. The number of benzene rings is 2. The molecule has 1 aliphatic rings. The van der Waals surface area contributed by atoms with Crippen LogP contribution in [0.25, 0.3) is 0 Å². The SMILES string of the molecule is O=C(NCc1cccc(F)c1)[C@@H]1CCC(=O)N(CCc2cccc(F)c2)C1. The molecule has 1 atom stereocenters. The van der Waals surface area contributed by atoms with E-state index < -0.39 is 0 Å². The molecule has 0 saturated carbocycles. The summed E-state index contributed by atoms with van der Waals surface area (Å²) in [6.45, 7) is 1.06. The average Bonchev–Trinajstić information content (AvgIpc) is 2.65. The summed E-state index contributed by atoms with van der Waals surface area (Å²) in [6, 6.07) is 12.4. The molecule has 2 aromatic carbocycles. The maximum Gasteiger partial charge on any atom is 0.225 e. The lowest BCUT2D eigenvalue weighted by Gasteiger charge is -2.32. The molecule has 27 heavy (non-hydrogen) atoms. The minimum absolute atomic E-state index is 0.0144. The minimum atomic E-state index is -0.339. The highest BCUT2D eigenvalue weighted by atomic mass is 19.1. The van der Waals surface area contributed by atoms with Gasteiger partial charge in [0, 0.05) is 26.1 Å². The van der Waals surface area contributed by atoms with Crippen molar-refractivity contribution in [3.63, 3.8) is 0 Å². The van der Waals surface area contributed by atoms with E-state index in [1.165, 1.54) is 24.3 Å². The second-order valence-corrected chi connectivity index (χ2v) is 6.80. The van der Waals surface area contributed by atoms with Gasteiger partial charge in [0.2, 0.25) is 11.8 Å². The average molecular weight is 372 g/mol. The third kappa shape index (κ3) is 5.36. The van der Waals surface area contributed by atoms with Gasteiger partial charge in [-0.15, -0.1) is 0 Å². The predicted octanol–water partition coefficient (Wildman–Crippen LogP) is 3.06. The second kappa shape index (κ2) is 8.75. The lowest BCUT2D eigenvalue weighted by Crippen LogP contribution is -2.46. The Balaban J connectivity index is 1.52. The summed E-state index contributed by atoms with van der Waals surface area (Å²) in [6.07, 6.45) is 1.37. The van der Waals surface area contributed by atoms with Crippen LogP contribution in [0.1, 0.15) is 24.0 Å². The third-order valence-electron chi connectivity index (χ3n) is 4.79. The van der Waals surface area contributed by atoms with Crippen LogP contribution in [0.15, 0.2) is 48.5 Å². The number of hydrogen-bond acceptors (Lipinski definition) is 2. The largest absolute Gasteiger partial charge is 0.352 e. The fourth-order valence-electron chi connectivity index (χ4n) is 3.28. The molecule has 6 heteroatoms. The van der Waals surface area contributed by atoms with Crippen LogP contribution in [0, 0.1) is 17.6 Å². The van der Waals surface area contributed by atoms with Gasteiger partial charge in [-0.25, -0.2) is 8.78 Å². The van der Waals surface area contributed by atoms with Crippen LogP contribution < -0.4 is 5.32 Å². The van der Waals surface area contributed by atoms with Gasteiger partial charge in [0.1, 0.15) is 11.6 Å². The lowest BCUT2D eigenvalue weighted by molar-refractivity contribution is -0.138. The Morgan fingerprint density at radius 1 is 1.07 bits per heavy atom. The van der Waals surface area contributed by atoms with E-state index in [-0.39, 0.29) is 35.9 Å². The molecule has 2 aromatic rings. The summed E-state index contributed by atoms with van der Waals surface area (Å²) in [7, 11) is 0. The number of piperidine rings is 1. The highest BCUT2D eigenvalue weighted by Crippen LogP contribution is 2.19. The van der Waals surface area contributed by atoms with E-state index in [2.05, 4.69) is 5.32 Å². The molecule has 142 valence electrons. The normalized spacial score (nSPS) is 17.0. The fraction of sp³-hybridized carbons (Fsp3) is 0.333. The van der Waals surface area contributed by atoms with Crippen LogP contribution in [0.5, 0.6) is 0 Å². The summed E-state index contributed by atoms with van der Waals surface area (Å²) in [5.74, 6) is -1.05. The van der Waals surface area contributed by atoms with Crippen molar-refractivity contribution in [1.82, 2.24) is 10.2 Å². The molecule has 1 fully saturated rings. The van der Waals surface area contributed by atoms with Gasteiger partial charge in [0.05, 0.1) is 5.92 Å². The van der Waals surface area contributed by atoms with Crippen molar-refractivity contribution in [2.24, 2.45) is 5.92 Å². The Morgan fingerprint density at radius 2 is 1.74 bits per heavy atom. The van der Waals surface area contributed by atoms with Crippen molar-refractivity contribution >= 4 is 11.8 Å². The number of hydrogen-bond donors (Lipinski definition) is 1. The van der Waals surface area contributed by atoms with Gasteiger partial charge < -0.3 is 10.2 Å². The van der Waals surface area contributed by atoms with E-state index in [9.17, 15) is 18.4 Å². The van der Waals surface area contributed by atoms with Crippen molar-refractivity contribution in [2.45, 2.75) is 25.8 Å². The zero-order valence-electron chi connectivity index (χ0n) is 15.0. The first kappa shape index (κ1) is 19.0. The minimum Gasteiger partial charge on any atom is -0.352 e. The Bertz CT molecular complexity index is 825. The molecule has 4 nitrogen and oxygen atoms in total. The fourth-order valence-corrected chi connectivity index (χ4v) is 3.28. The Hall–Kier alpha value is -2.76. The molecule has 0 aromatic heterocycles. The Morgan fingerprint density at radius 3 is 2.44 bits per heavy atom. The number of halogens is 2. The summed E-state index contributed by atoms with van der Waals surface area (Å²) in [5, 5.41) is 2.82. The number of carbonyl (C=O) groups excluding carboxylic acids is 2. The first-order chi connectivity index (χ1) is 13.0. The molecule has 0 aliphatic carbocycles. The number of carbonyl (C=O) groups is 2. The number of rotatable bonds is 6. The number of nitrogens with one attached hydrogen (secondary N) is 1. The summed E-state index contributed by atoms with van der Waals surface area (Å²) < 4.78 is 26.5. The van der Waals surface area contributed by atoms with Crippen molar-refractivity contribution < 1.29 is 18.4 Å². The van der Waals surface area contributed by atoms with Gasteiger partial charge in [-0.3, -0.25) is 9.59 Å². The van der Waals surface area contributed by atoms with Crippen LogP contribution in [0.2, 0.25) is 0 Å². The van der Waals surface area contributed by atoms with E-state index in [0.29, 0.717) is 37.9 Å². The van der Waals surface area contributed by atoms with Crippen LogP contribution >= 0.6 is 0 Å². The molecule has 0 spiro atoms. The van der Waals surface area contributed by atoms with Crippen LogP contribution in [-0.2, 0) is 22.6 Å². The van der Waals surface area contributed by atoms with Gasteiger partial charge >= 0.3 is 0 Å². The van der Waals surface area contributed by atoms with Gasteiger partial charge in [-0.1, -0.05) is 24.3 Å². The third-order valence-corrected chi connectivity index (χ3v) is 4.79. The topological polar surface area (TPSA) is 49.4 Å². The van der Waals surface area contributed by atoms with E-state index in [4.69, 9.17) is 0 Å². The van der Waals surface area contributed by atoms with E-state index in [1.807, 2.05) is 6.07 Å². The van der Waals surface area contributed by atoms with Gasteiger partial charge in [0.15, 0.2) is 0 Å². The van der Waals surface area contributed by atoms with Crippen LogP contribution in [-0.4, -0.2) is 29.8 Å². The van der Waals surface area contributed by atoms with E-state index in [1.54, 1.807) is 23.1 Å². The molecule has 0 radical (unpaired) electrons. The highest BCUT2D eigenvalue weighted by Gasteiger charge is 2.29. The lowest BCUT2D eigenvalue weighted by atomic mass is 9.96. The molecular weight excluding hydrogens is 350 g/mol. The zero-order chi connectivity index (χ0) is 19.2. The number of amides is 2. The van der Waals surface area contributed by atoms with Gasteiger partial charge in [-0.2, -0.15) is 0 Å². The molecule has 1 N–H and O–H groups in total. The van der Waals surface area contributed by atoms with Gasteiger partial charge in [-0.05, 0) is 48.2 Å². The van der Waals surface area contributed by atoms with Crippen molar-refractivity contribution in [2.75, 3.05) is 13.1 Å². The summed E-state index contributed by atoms with van der Waals surface area (Å²) in [4.78, 5) is 26.2. The maximum atomic E-state index is 13.3. The van der Waals surface area contributed by atoms with Crippen LogP contribution in [0.3, 0.4) is 0 Å². The number of nitrogens with zero attached hydrogens (tertiary/aromatic N) is 1. The molecular formula is C21H22F2N2O2. The summed E-state index contributed by atoms with van der Waals surface area (Å²) >= 11 is 0. The zero-order valence-corrected chi connectivity index (χ0v) is 15.0. The molecule has 2 amide bonds. The highest BCUT2D eigenvalue weighted by molar-refractivity contribution is 5.83. The number of likely N-dealkylation sites (tertiary alicyclic amines) is 1. The Kier molecular flexibility index (Phi) is 6.16.